The molecule has 2 atom stereocenters. The first kappa shape index (κ1) is 13.3. The summed E-state index contributed by atoms with van der Waals surface area (Å²) >= 11 is 0. The summed E-state index contributed by atoms with van der Waals surface area (Å²) < 4.78 is 5.28. The van der Waals surface area contributed by atoms with E-state index >= 15 is 0 Å². The Hall–Kier alpha value is -0.770. The molecule has 1 saturated heterocycles. The highest BCUT2D eigenvalue weighted by atomic mass is 35.5. The van der Waals surface area contributed by atoms with Gasteiger partial charge in [0.05, 0.1) is 13.2 Å². The average molecular weight is 244 g/mol. The lowest BCUT2D eigenvalue weighted by molar-refractivity contribution is 0.193. The first-order valence-corrected chi connectivity index (χ1v) is 5.27. The van der Waals surface area contributed by atoms with Crippen LogP contribution in [0.5, 0.6) is 5.75 Å². The Balaban J connectivity index is 0.00000128. The van der Waals surface area contributed by atoms with E-state index in [0.717, 1.165) is 17.7 Å². The van der Waals surface area contributed by atoms with Gasteiger partial charge in [-0.1, -0.05) is 12.1 Å². The fraction of sp³-hybridized carbons (Fsp3) is 0.500. The van der Waals surface area contributed by atoms with Crippen LogP contribution in [-0.4, -0.2) is 24.9 Å². The van der Waals surface area contributed by atoms with Crippen molar-refractivity contribution in [3.05, 3.63) is 29.3 Å². The first-order chi connectivity index (χ1) is 7.22. The van der Waals surface area contributed by atoms with Gasteiger partial charge in [-0.05, 0) is 30.5 Å². The molecule has 1 aliphatic heterocycles. The van der Waals surface area contributed by atoms with Crippen LogP contribution in [0.25, 0.3) is 0 Å². The number of aliphatic hydroxyl groups excluding tert-OH is 1. The van der Waals surface area contributed by atoms with E-state index in [0.29, 0.717) is 6.54 Å². The second kappa shape index (κ2) is 5.53. The van der Waals surface area contributed by atoms with E-state index in [1.54, 1.807) is 7.11 Å². The molecular formula is C12H18ClNO2. The third-order valence-electron chi connectivity index (χ3n) is 3.03. The summed E-state index contributed by atoms with van der Waals surface area (Å²) in [5.74, 6) is 0.913. The molecule has 3 nitrogen and oxygen atoms in total. The highest BCUT2D eigenvalue weighted by Crippen LogP contribution is 2.30. The highest BCUT2D eigenvalue weighted by Gasteiger charge is 2.25. The van der Waals surface area contributed by atoms with Crippen molar-refractivity contribution in [3.63, 3.8) is 0 Å². The number of benzene rings is 1. The molecule has 4 heteroatoms. The van der Waals surface area contributed by atoms with Crippen LogP contribution < -0.4 is 10.1 Å². The number of β-amino-alcohol motifs (C(OH)–C–C–N with tert-alkyl or cyclic N) is 1. The molecule has 0 spiro atoms. The minimum Gasteiger partial charge on any atom is -0.496 e. The zero-order valence-electron chi connectivity index (χ0n) is 9.56. The van der Waals surface area contributed by atoms with E-state index in [-0.39, 0.29) is 24.6 Å². The van der Waals surface area contributed by atoms with Gasteiger partial charge in [0.2, 0.25) is 0 Å². The number of hydrogen-bond acceptors (Lipinski definition) is 3. The zero-order valence-corrected chi connectivity index (χ0v) is 10.4. The Bertz CT molecular complexity index is 357. The molecule has 16 heavy (non-hydrogen) atoms. The topological polar surface area (TPSA) is 41.5 Å². The molecule has 0 saturated carbocycles. The Labute approximate surface area is 102 Å². The van der Waals surface area contributed by atoms with Crippen LogP contribution >= 0.6 is 12.4 Å². The standard InChI is InChI=1S/C12H17NO2.ClH/c1-8-10(4-3-5-12(8)15-2)11-6-9(14)7-13-11;/h3-5,9,11,13-14H,6-7H2,1-2H3;1H/t9-,11+;/m1./s1. The van der Waals surface area contributed by atoms with E-state index in [2.05, 4.69) is 18.3 Å². The molecule has 1 aromatic rings. The number of halogens is 1. The average Bonchev–Trinajstić information content (AvgIpc) is 2.65. The lowest BCUT2D eigenvalue weighted by atomic mass is 9.99. The number of nitrogens with one attached hydrogen (secondary N) is 1. The Morgan fingerprint density at radius 3 is 2.75 bits per heavy atom. The van der Waals surface area contributed by atoms with Crippen molar-refractivity contribution >= 4 is 12.4 Å². The van der Waals surface area contributed by atoms with E-state index in [1.807, 2.05) is 12.1 Å². The van der Waals surface area contributed by atoms with Crippen molar-refractivity contribution in [2.45, 2.75) is 25.5 Å². The molecule has 0 unspecified atom stereocenters. The Morgan fingerprint density at radius 1 is 1.44 bits per heavy atom. The second-order valence-electron chi connectivity index (χ2n) is 4.02. The number of methoxy groups -OCH3 is 1. The van der Waals surface area contributed by atoms with E-state index in [4.69, 9.17) is 4.74 Å². The van der Waals surface area contributed by atoms with Gasteiger partial charge in [0.1, 0.15) is 5.75 Å². The summed E-state index contributed by atoms with van der Waals surface area (Å²) in [6.45, 7) is 2.74. The normalized spacial score (nSPS) is 23.9. The van der Waals surface area contributed by atoms with Crippen LogP contribution in [-0.2, 0) is 0 Å². The monoisotopic (exact) mass is 243 g/mol. The van der Waals surface area contributed by atoms with Crippen LogP contribution in [0.15, 0.2) is 18.2 Å². The Kier molecular flexibility index (Phi) is 4.59. The fourth-order valence-corrected chi connectivity index (χ4v) is 2.18. The second-order valence-corrected chi connectivity index (χ2v) is 4.02. The molecule has 1 aliphatic rings. The number of ether oxygens (including phenoxy) is 1. The smallest absolute Gasteiger partial charge is 0.122 e. The lowest BCUT2D eigenvalue weighted by Gasteiger charge is -2.15. The highest BCUT2D eigenvalue weighted by molar-refractivity contribution is 5.85. The summed E-state index contributed by atoms with van der Waals surface area (Å²) in [6, 6.07) is 6.31. The first-order valence-electron chi connectivity index (χ1n) is 5.27. The van der Waals surface area contributed by atoms with E-state index in [1.165, 1.54) is 5.56 Å². The van der Waals surface area contributed by atoms with Crippen LogP contribution in [0, 0.1) is 6.92 Å². The van der Waals surface area contributed by atoms with Gasteiger partial charge in [0.25, 0.3) is 0 Å². The third-order valence-corrected chi connectivity index (χ3v) is 3.03. The van der Waals surface area contributed by atoms with Crippen molar-refractivity contribution in [2.75, 3.05) is 13.7 Å². The predicted molar refractivity (Wildman–Crippen MR) is 66.3 cm³/mol. The largest absolute Gasteiger partial charge is 0.496 e. The van der Waals surface area contributed by atoms with Crippen LogP contribution in [0.3, 0.4) is 0 Å². The molecule has 1 aromatic carbocycles. The molecule has 1 heterocycles. The molecule has 1 fully saturated rings. The molecular weight excluding hydrogens is 226 g/mol. The quantitative estimate of drug-likeness (QED) is 0.833. The minimum atomic E-state index is -0.222. The van der Waals surface area contributed by atoms with Gasteiger partial charge < -0.3 is 15.2 Å². The van der Waals surface area contributed by atoms with Gasteiger partial charge in [0, 0.05) is 12.6 Å². The van der Waals surface area contributed by atoms with Crippen LogP contribution in [0.4, 0.5) is 0 Å². The lowest BCUT2D eigenvalue weighted by Crippen LogP contribution is -2.15. The van der Waals surface area contributed by atoms with E-state index < -0.39 is 0 Å². The summed E-state index contributed by atoms with van der Waals surface area (Å²) in [7, 11) is 1.68. The molecule has 0 aliphatic carbocycles. The SMILES string of the molecule is COc1cccc([C@@H]2C[C@@H](O)CN2)c1C.Cl. The number of rotatable bonds is 2. The van der Waals surface area contributed by atoms with Crippen molar-refractivity contribution in [1.29, 1.82) is 0 Å². The molecule has 2 N–H and O–H groups in total. The fourth-order valence-electron chi connectivity index (χ4n) is 2.18. The number of aliphatic hydroxyl groups is 1. The molecule has 0 bridgehead atoms. The maximum absolute atomic E-state index is 9.48. The van der Waals surface area contributed by atoms with Crippen molar-refractivity contribution < 1.29 is 9.84 Å². The van der Waals surface area contributed by atoms with Crippen molar-refractivity contribution in [1.82, 2.24) is 5.32 Å². The van der Waals surface area contributed by atoms with Gasteiger partial charge in [-0.2, -0.15) is 0 Å². The maximum atomic E-state index is 9.48. The maximum Gasteiger partial charge on any atom is 0.122 e. The van der Waals surface area contributed by atoms with E-state index in [9.17, 15) is 5.11 Å². The van der Waals surface area contributed by atoms with Crippen molar-refractivity contribution in [2.24, 2.45) is 0 Å². The van der Waals surface area contributed by atoms with Gasteiger partial charge in [-0.25, -0.2) is 0 Å². The molecule has 0 aromatic heterocycles. The van der Waals surface area contributed by atoms with Gasteiger partial charge in [-0.15, -0.1) is 12.4 Å². The van der Waals surface area contributed by atoms with Gasteiger partial charge >= 0.3 is 0 Å². The van der Waals surface area contributed by atoms with Gasteiger partial charge in [0.15, 0.2) is 0 Å². The predicted octanol–water partition coefficient (Wildman–Crippen LogP) is 1.82. The summed E-state index contributed by atoms with van der Waals surface area (Å²) in [4.78, 5) is 0. The van der Waals surface area contributed by atoms with Crippen LogP contribution in [0.1, 0.15) is 23.6 Å². The Morgan fingerprint density at radius 2 is 2.19 bits per heavy atom. The molecule has 2 rings (SSSR count). The van der Waals surface area contributed by atoms with Gasteiger partial charge in [-0.3, -0.25) is 0 Å². The third kappa shape index (κ3) is 2.48. The minimum absolute atomic E-state index is 0. The zero-order chi connectivity index (χ0) is 10.8. The molecule has 0 amide bonds. The number of hydrogen-bond donors (Lipinski definition) is 2. The summed E-state index contributed by atoms with van der Waals surface area (Å²) in [6.07, 6.45) is 0.564. The summed E-state index contributed by atoms with van der Waals surface area (Å²) in [5, 5.41) is 12.8. The van der Waals surface area contributed by atoms with Crippen molar-refractivity contribution in [3.8, 4) is 5.75 Å². The summed E-state index contributed by atoms with van der Waals surface area (Å²) in [5.41, 5.74) is 2.39. The molecule has 90 valence electrons. The molecule has 0 radical (unpaired) electrons. The van der Waals surface area contributed by atoms with Crippen LogP contribution in [0.2, 0.25) is 0 Å².